The van der Waals surface area contributed by atoms with Gasteiger partial charge in [0.25, 0.3) is 0 Å². The third kappa shape index (κ3) is 4.15. The van der Waals surface area contributed by atoms with Crippen molar-refractivity contribution in [3.05, 3.63) is 47.5 Å². The molecule has 0 atom stereocenters. The molecule has 0 unspecified atom stereocenters. The highest BCUT2D eigenvalue weighted by molar-refractivity contribution is 5.57. The molecule has 0 saturated heterocycles. The van der Waals surface area contributed by atoms with E-state index in [4.69, 9.17) is 0 Å². The van der Waals surface area contributed by atoms with Crippen LogP contribution in [0.4, 0.5) is 16.0 Å². The summed E-state index contributed by atoms with van der Waals surface area (Å²) in [4.78, 5) is 8.58. The topological polar surface area (TPSA) is 49.8 Å². The number of nitrogens with zero attached hydrogens (tertiary/aromatic N) is 2. The van der Waals surface area contributed by atoms with Gasteiger partial charge in [0.2, 0.25) is 0 Å². The van der Waals surface area contributed by atoms with Crippen LogP contribution in [0.15, 0.2) is 30.6 Å². The molecule has 1 aromatic heterocycles. The van der Waals surface area contributed by atoms with Crippen LogP contribution in [0.3, 0.4) is 0 Å². The van der Waals surface area contributed by atoms with Crippen molar-refractivity contribution in [2.45, 2.75) is 26.2 Å². The molecule has 2 rings (SSSR count). The van der Waals surface area contributed by atoms with Crippen molar-refractivity contribution in [3.8, 4) is 0 Å². The van der Waals surface area contributed by atoms with Gasteiger partial charge in [-0.3, -0.25) is 0 Å². The summed E-state index contributed by atoms with van der Waals surface area (Å²) in [5, 5.41) is 6.45. The first-order valence-corrected chi connectivity index (χ1v) is 7.24. The number of hydrogen-bond donors (Lipinski definition) is 2. The Morgan fingerprint density at radius 1 is 1.05 bits per heavy atom. The van der Waals surface area contributed by atoms with Gasteiger partial charge < -0.3 is 10.6 Å². The second-order valence-corrected chi connectivity index (χ2v) is 4.85. The summed E-state index contributed by atoms with van der Waals surface area (Å²) in [7, 11) is 1.86. The van der Waals surface area contributed by atoms with E-state index in [9.17, 15) is 4.39 Å². The van der Waals surface area contributed by atoms with Crippen molar-refractivity contribution in [3.63, 3.8) is 0 Å². The maximum absolute atomic E-state index is 12.9. The lowest BCUT2D eigenvalue weighted by molar-refractivity contribution is 0.627. The number of hydrogen-bond acceptors (Lipinski definition) is 4. The lowest BCUT2D eigenvalue weighted by Crippen LogP contribution is -2.11. The smallest absolute Gasteiger partial charge is 0.134 e. The number of aromatic nitrogens is 2. The minimum absolute atomic E-state index is 0.202. The lowest BCUT2D eigenvalue weighted by atomic mass is 10.1. The van der Waals surface area contributed by atoms with E-state index in [2.05, 4.69) is 27.5 Å². The predicted molar refractivity (Wildman–Crippen MR) is 84.2 cm³/mol. The molecule has 2 N–H and O–H groups in total. The number of halogens is 1. The molecular weight excluding hydrogens is 267 g/mol. The molecule has 0 aliphatic carbocycles. The Morgan fingerprint density at radius 2 is 1.76 bits per heavy atom. The van der Waals surface area contributed by atoms with Crippen LogP contribution in [-0.2, 0) is 12.8 Å². The highest BCUT2D eigenvalue weighted by Gasteiger charge is 2.09. The Hall–Kier alpha value is -2.17. The molecule has 0 radical (unpaired) electrons. The fourth-order valence-corrected chi connectivity index (χ4v) is 2.24. The Balaban J connectivity index is 2.00. The Morgan fingerprint density at radius 3 is 2.43 bits per heavy atom. The van der Waals surface area contributed by atoms with E-state index in [0.717, 1.165) is 48.6 Å². The second kappa shape index (κ2) is 7.57. The quantitative estimate of drug-likeness (QED) is 0.821. The van der Waals surface area contributed by atoms with E-state index < -0.39 is 0 Å². The van der Waals surface area contributed by atoms with Crippen LogP contribution in [0.2, 0.25) is 0 Å². The fraction of sp³-hybridized carbons (Fsp3) is 0.375. The van der Waals surface area contributed by atoms with Crippen LogP contribution in [-0.4, -0.2) is 23.6 Å². The van der Waals surface area contributed by atoms with Crippen LogP contribution in [0, 0.1) is 5.82 Å². The molecule has 0 amide bonds. The fourth-order valence-electron chi connectivity index (χ4n) is 2.24. The normalized spacial score (nSPS) is 10.4. The minimum Gasteiger partial charge on any atom is -0.373 e. The van der Waals surface area contributed by atoms with Gasteiger partial charge in [-0.1, -0.05) is 25.5 Å². The second-order valence-electron chi connectivity index (χ2n) is 4.85. The van der Waals surface area contributed by atoms with Crippen molar-refractivity contribution in [1.82, 2.24) is 9.97 Å². The van der Waals surface area contributed by atoms with Crippen molar-refractivity contribution >= 4 is 11.6 Å². The summed E-state index contributed by atoms with van der Waals surface area (Å²) in [5.41, 5.74) is 2.21. The van der Waals surface area contributed by atoms with Gasteiger partial charge in [0.15, 0.2) is 0 Å². The first-order chi connectivity index (χ1) is 10.2. The van der Waals surface area contributed by atoms with Crippen LogP contribution < -0.4 is 10.6 Å². The number of nitrogens with one attached hydrogen (secondary N) is 2. The van der Waals surface area contributed by atoms with Crippen LogP contribution in [0.1, 0.15) is 24.5 Å². The van der Waals surface area contributed by atoms with Gasteiger partial charge in [0, 0.05) is 19.2 Å². The zero-order valence-electron chi connectivity index (χ0n) is 12.5. The maximum Gasteiger partial charge on any atom is 0.134 e. The molecule has 0 spiro atoms. The number of anilines is 2. The molecule has 4 nitrogen and oxygen atoms in total. The number of rotatable bonds is 7. The first kappa shape index (κ1) is 15.2. The third-order valence-corrected chi connectivity index (χ3v) is 3.30. The average molecular weight is 288 g/mol. The van der Waals surface area contributed by atoms with Gasteiger partial charge >= 0.3 is 0 Å². The van der Waals surface area contributed by atoms with E-state index in [1.807, 2.05) is 19.2 Å². The molecule has 1 heterocycles. The van der Waals surface area contributed by atoms with E-state index in [1.54, 1.807) is 6.33 Å². The summed E-state index contributed by atoms with van der Waals surface area (Å²) in [5.74, 6) is 1.54. The molecular formula is C16H21FN4. The van der Waals surface area contributed by atoms with Gasteiger partial charge in [-0.25, -0.2) is 14.4 Å². The summed E-state index contributed by atoms with van der Waals surface area (Å²) >= 11 is 0. The minimum atomic E-state index is -0.202. The van der Waals surface area contributed by atoms with Crippen LogP contribution in [0.5, 0.6) is 0 Å². The average Bonchev–Trinajstić information content (AvgIpc) is 2.51. The largest absolute Gasteiger partial charge is 0.373 e. The molecule has 0 fully saturated rings. The van der Waals surface area contributed by atoms with E-state index in [-0.39, 0.29) is 5.82 Å². The summed E-state index contributed by atoms with van der Waals surface area (Å²) < 4.78 is 12.9. The van der Waals surface area contributed by atoms with Gasteiger partial charge in [-0.15, -0.1) is 0 Å². The highest BCUT2D eigenvalue weighted by Crippen LogP contribution is 2.21. The summed E-state index contributed by atoms with van der Waals surface area (Å²) in [6, 6.07) is 6.59. The molecule has 1 aromatic carbocycles. The van der Waals surface area contributed by atoms with Crippen LogP contribution in [0.25, 0.3) is 0 Å². The third-order valence-electron chi connectivity index (χ3n) is 3.30. The van der Waals surface area contributed by atoms with Crippen molar-refractivity contribution in [2.75, 3.05) is 24.2 Å². The molecule has 0 aliphatic heterocycles. The lowest BCUT2D eigenvalue weighted by Gasteiger charge is -2.13. The highest BCUT2D eigenvalue weighted by atomic mass is 19.1. The van der Waals surface area contributed by atoms with Gasteiger partial charge in [0.05, 0.1) is 0 Å². The molecule has 21 heavy (non-hydrogen) atoms. The Bertz CT molecular complexity index is 569. The van der Waals surface area contributed by atoms with E-state index in [0.29, 0.717) is 0 Å². The summed E-state index contributed by atoms with van der Waals surface area (Å²) in [6.45, 7) is 2.89. The monoisotopic (exact) mass is 288 g/mol. The van der Waals surface area contributed by atoms with Crippen molar-refractivity contribution < 1.29 is 4.39 Å². The Labute approximate surface area is 124 Å². The van der Waals surface area contributed by atoms with E-state index in [1.165, 1.54) is 12.1 Å². The molecule has 2 aromatic rings. The molecule has 0 aliphatic rings. The summed E-state index contributed by atoms with van der Waals surface area (Å²) in [6.07, 6.45) is 4.35. The van der Waals surface area contributed by atoms with Crippen molar-refractivity contribution in [2.24, 2.45) is 0 Å². The zero-order chi connectivity index (χ0) is 15.1. The molecule has 112 valence electrons. The standard InChI is InChI=1S/C16H21FN4/c1-3-4-14-15(18-2)20-11-21-16(14)19-10-9-12-5-7-13(17)8-6-12/h5-8,11H,3-4,9-10H2,1-2H3,(H2,18,19,20,21). The molecule has 5 heteroatoms. The van der Waals surface area contributed by atoms with Crippen molar-refractivity contribution in [1.29, 1.82) is 0 Å². The molecule has 0 bridgehead atoms. The Kier molecular flexibility index (Phi) is 5.49. The maximum atomic E-state index is 12.9. The van der Waals surface area contributed by atoms with Gasteiger partial charge in [-0.05, 0) is 30.5 Å². The molecule has 0 saturated carbocycles. The predicted octanol–water partition coefficient (Wildman–Crippen LogP) is 3.26. The van der Waals surface area contributed by atoms with Gasteiger partial charge in [-0.2, -0.15) is 0 Å². The zero-order valence-corrected chi connectivity index (χ0v) is 12.5. The SMILES string of the molecule is CCCc1c(NC)ncnc1NCCc1ccc(F)cc1. The van der Waals surface area contributed by atoms with E-state index >= 15 is 0 Å². The number of benzene rings is 1. The van der Waals surface area contributed by atoms with Crippen LogP contribution >= 0.6 is 0 Å². The van der Waals surface area contributed by atoms with Gasteiger partial charge in [0.1, 0.15) is 23.8 Å². The first-order valence-electron chi connectivity index (χ1n) is 7.24.